The molecule has 5 nitrogen and oxygen atoms in total. The molecule has 0 aliphatic heterocycles. The number of ether oxygens (including phenoxy) is 2. The van der Waals surface area contributed by atoms with Crippen LogP contribution in [0.1, 0.15) is 37.8 Å². The molecule has 0 radical (unpaired) electrons. The number of carbonyl (C=O) groups excluding carboxylic acids is 1. The zero-order valence-corrected chi connectivity index (χ0v) is 18.2. The number of carbonyl (C=O) groups is 1. The maximum absolute atomic E-state index is 11.6. The third-order valence-electron chi connectivity index (χ3n) is 4.21. The van der Waals surface area contributed by atoms with E-state index < -0.39 is 0 Å². The van der Waals surface area contributed by atoms with Crippen LogP contribution in [0.3, 0.4) is 0 Å². The molecular weight excluding hydrogens is 384 g/mol. The van der Waals surface area contributed by atoms with Gasteiger partial charge < -0.3 is 14.8 Å². The minimum absolute atomic E-state index is 0.0842. The Morgan fingerprint density at radius 2 is 1.72 bits per heavy atom. The number of rotatable bonds is 12. The third kappa shape index (κ3) is 8.20. The van der Waals surface area contributed by atoms with Crippen molar-refractivity contribution in [2.75, 3.05) is 25.5 Å². The molecule has 29 heavy (non-hydrogen) atoms. The molecule has 6 heteroatoms. The molecule has 0 saturated carbocycles. The fourth-order valence-corrected chi connectivity index (χ4v) is 2.91. The summed E-state index contributed by atoms with van der Waals surface area (Å²) in [6.45, 7) is 6.57. The van der Waals surface area contributed by atoms with Gasteiger partial charge >= 0.3 is 0 Å². The highest BCUT2D eigenvalue weighted by Gasteiger charge is 2.06. The van der Waals surface area contributed by atoms with Gasteiger partial charge in [0.05, 0.1) is 13.2 Å². The molecule has 0 saturated heterocycles. The minimum atomic E-state index is 0.0842. The van der Waals surface area contributed by atoms with Gasteiger partial charge in [-0.3, -0.25) is 4.79 Å². The summed E-state index contributed by atoms with van der Waals surface area (Å²) in [5.74, 6) is 2.28. The summed E-state index contributed by atoms with van der Waals surface area (Å²) in [4.78, 5) is 11.6. The lowest BCUT2D eigenvalue weighted by atomic mass is 10.1. The summed E-state index contributed by atoms with van der Waals surface area (Å²) in [5, 5.41) is 2.83. The van der Waals surface area contributed by atoms with Gasteiger partial charge in [0.2, 0.25) is 5.91 Å². The average molecular weight is 416 g/mol. The number of benzene rings is 1. The summed E-state index contributed by atoms with van der Waals surface area (Å²) >= 11 is 4.08. The number of pyridine rings is 1. The number of nitrogens with zero attached hydrogens (tertiary/aromatic N) is 1. The number of thiol groups is 1. The molecule has 0 aliphatic carbocycles. The highest BCUT2D eigenvalue weighted by atomic mass is 32.1. The van der Waals surface area contributed by atoms with Crippen molar-refractivity contribution in [1.29, 1.82) is 0 Å². The minimum Gasteiger partial charge on any atom is -0.490 e. The van der Waals surface area contributed by atoms with Gasteiger partial charge in [-0.2, -0.15) is 12.6 Å². The molecule has 156 valence electrons. The van der Waals surface area contributed by atoms with Gasteiger partial charge in [0.15, 0.2) is 23.9 Å². The van der Waals surface area contributed by atoms with Crippen LogP contribution in [0.15, 0.2) is 42.7 Å². The van der Waals surface area contributed by atoms with Gasteiger partial charge in [0.25, 0.3) is 0 Å². The van der Waals surface area contributed by atoms with Crippen molar-refractivity contribution < 1.29 is 18.8 Å². The second-order valence-corrected chi connectivity index (χ2v) is 6.90. The molecule has 1 amide bonds. The smallest absolute Gasteiger partial charge is 0.220 e. The van der Waals surface area contributed by atoms with Crippen molar-refractivity contribution in [1.82, 2.24) is 5.32 Å². The highest BCUT2D eigenvalue weighted by Crippen LogP contribution is 2.29. The molecule has 0 fully saturated rings. The number of nitrogens with one attached hydrogen (secondary N) is 1. The van der Waals surface area contributed by atoms with Crippen LogP contribution in [0.2, 0.25) is 0 Å². The Bertz CT molecular complexity index is 791. The quantitative estimate of drug-likeness (QED) is 0.410. The van der Waals surface area contributed by atoms with Gasteiger partial charge in [-0.25, -0.2) is 4.57 Å². The summed E-state index contributed by atoms with van der Waals surface area (Å²) in [6, 6.07) is 10.1. The number of aryl methyl sites for hydroxylation is 1. The lowest BCUT2D eigenvalue weighted by molar-refractivity contribution is -0.697. The summed E-state index contributed by atoms with van der Waals surface area (Å²) in [6.07, 6.45) is 9.54. The number of amides is 1. The SMILES string of the molecule is CCOc1ccc(/C=C/c2cc[n+](CCCC(=O)NCCS)cc2)cc1OCC. The van der Waals surface area contributed by atoms with E-state index in [0.29, 0.717) is 31.9 Å². The molecular formula is C23H31N2O3S+. The van der Waals surface area contributed by atoms with Crippen molar-refractivity contribution in [2.24, 2.45) is 0 Å². The van der Waals surface area contributed by atoms with E-state index in [2.05, 4.69) is 46.8 Å². The molecule has 1 aromatic carbocycles. The Hall–Kier alpha value is -2.47. The normalized spacial score (nSPS) is 10.9. The first kappa shape index (κ1) is 22.8. The lowest BCUT2D eigenvalue weighted by Crippen LogP contribution is -2.33. The summed E-state index contributed by atoms with van der Waals surface area (Å²) in [7, 11) is 0. The van der Waals surface area contributed by atoms with E-state index in [4.69, 9.17) is 9.47 Å². The molecule has 1 N–H and O–H groups in total. The van der Waals surface area contributed by atoms with Crippen LogP contribution in [0, 0.1) is 0 Å². The molecule has 0 spiro atoms. The van der Waals surface area contributed by atoms with Crippen molar-refractivity contribution >= 4 is 30.7 Å². The summed E-state index contributed by atoms with van der Waals surface area (Å²) in [5.41, 5.74) is 2.17. The predicted molar refractivity (Wildman–Crippen MR) is 120 cm³/mol. The van der Waals surface area contributed by atoms with Crippen molar-refractivity contribution in [3.8, 4) is 11.5 Å². The topological polar surface area (TPSA) is 51.4 Å². The van der Waals surface area contributed by atoms with Crippen LogP contribution in [-0.4, -0.2) is 31.4 Å². The number of aromatic nitrogens is 1. The molecule has 0 aliphatic rings. The first-order chi connectivity index (χ1) is 14.2. The van der Waals surface area contributed by atoms with Crippen molar-refractivity contribution in [2.45, 2.75) is 33.2 Å². The third-order valence-corrected chi connectivity index (χ3v) is 4.43. The van der Waals surface area contributed by atoms with Crippen LogP contribution in [0.25, 0.3) is 12.2 Å². The van der Waals surface area contributed by atoms with Crippen LogP contribution >= 0.6 is 12.6 Å². The first-order valence-corrected chi connectivity index (χ1v) is 10.7. The molecule has 2 rings (SSSR count). The molecule has 2 aromatic rings. The van der Waals surface area contributed by atoms with E-state index in [1.54, 1.807) is 0 Å². The van der Waals surface area contributed by atoms with Gasteiger partial charge in [0, 0.05) is 37.3 Å². The Balaban J connectivity index is 1.91. The van der Waals surface area contributed by atoms with Crippen LogP contribution < -0.4 is 19.4 Å². The van der Waals surface area contributed by atoms with Crippen LogP contribution in [-0.2, 0) is 11.3 Å². The molecule has 1 heterocycles. The number of hydrogen-bond donors (Lipinski definition) is 2. The van der Waals surface area contributed by atoms with E-state index >= 15 is 0 Å². The monoisotopic (exact) mass is 415 g/mol. The summed E-state index contributed by atoms with van der Waals surface area (Å²) < 4.78 is 13.4. The second kappa shape index (κ2) is 12.9. The van der Waals surface area contributed by atoms with E-state index in [9.17, 15) is 4.79 Å². The maximum atomic E-state index is 11.6. The first-order valence-electron chi connectivity index (χ1n) is 10.1. The van der Waals surface area contributed by atoms with Crippen LogP contribution in [0.5, 0.6) is 11.5 Å². The Morgan fingerprint density at radius 3 is 2.41 bits per heavy atom. The van der Waals surface area contributed by atoms with E-state index in [0.717, 1.165) is 35.6 Å². The van der Waals surface area contributed by atoms with Gasteiger partial charge in [-0.15, -0.1) is 0 Å². The Kier molecular flexibility index (Phi) is 10.1. The predicted octanol–water partition coefficient (Wildman–Crippen LogP) is 3.77. The Morgan fingerprint density at radius 1 is 1.03 bits per heavy atom. The highest BCUT2D eigenvalue weighted by molar-refractivity contribution is 7.80. The Labute approximate surface area is 179 Å². The van der Waals surface area contributed by atoms with Gasteiger partial charge in [-0.1, -0.05) is 18.2 Å². The van der Waals surface area contributed by atoms with E-state index in [-0.39, 0.29) is 5.91 Å². The molecule has 0 unspecified atom stereocenters. The lowest BCUT2D eigenvalue weighted by Gasteiger charge is -2.11. The molecule has 1 aromatic heterocycles. The average Bonchev–Trinajstić information content (AvgIpc) is 2.73. The van der Waals surface area contributed by atoms with E-state index in [1.807, 2.05) is 44.4 Å². The maximum Gasteiger partial charge on any atom is 0.220 e. The fraction of sp³-hybridized carbons (Fsp3) is 0.391. The molecule has 0 atom stereocenters. The van der Waals surface area contributed by atoms with Crippen molar-refractivity contribution in [3.05, 3.63) is 53.9 Å². The van der Waals surface area contributed by atoms with Gasteiger partial charge in [0.1, 0.15) is 6.54 Å². The fourth-order valence-electron chi connectivity index (χ4n) is 2.80. The zero-order chi connectivity index (χ0) is 20.9. The molecule has 0 bridgehead atoms. The second-order valence-electron chi connectivity index (χ2n) is 6.45. The zero-order valence-electron chi connectivity index (χ0n) is 17.3. The largest absolute Gasteiger partial charge is 0.490 e. The standard InChI is InChI=1S/C23H30N2O3S/c1-3-27-21-10-9-20(18-22(21)28-4-2)8-7-19-11-15-25(16-12-19)14-5-6-23(26)24-13-17-29/h7-12,15-16,18H,3-6,13-14,17H2,1-2H3,(H-,24,26,29)/p+1/b8-7+. The number of hydrogen-bond acceptors (Lipinski definition) is 4. The van der Waals surface area contributed by atoms with Gasteiger partial charge in [-0.05, 0) is 37.1 Å². The van der Waals surface area contributed by atoms with Crippen molar-refractivity contribution in [3.63, 3.8) is 0 Å². The van der Waals surface area contributed by atoms with Crippen LogP contribution in [0.4, 0.5) is 0 Å². The van der Waals surface area contributed by atoms with E-state index in [1.165, 1.54) is 0 Å².